The Balaban J connectivity index is 2.67. The largest absolute Gasteiger partial charge is 0.493 e. The molecule has 0 radical (unpaired) electrons. The van der Waals surface area contributed by atoms with Gasteiger partial charge in [0, 0.05) is 21.5 Å². The molecule has 0 aromatic heterocycles. The van der Waals surface area contributed by atoms with Gasteiger partial charge in [0.15, 0.2) is 11.6 Å². The maximum Gasteiger partial charge on any atom is 0.166 e. The fourth-order valence-corrected chi connectivity index (χ4v) is 2.96. The van der Waals surface area contributed by atoms with Crippen molar-refractivity contribution in [2.45, 2.75) is 38.1 Å². The lowest BCUT2D eigenvalue weighted by Crippen LogP contribution is -2.32. The van der Waals surface area contributed by atoms with Crippen LogP contribution in [0.5, 0.6) is 5.75 Å². The van der Waals surface area contributed by atoms with Crippen molar-refractivity contribution < 1.29 is 9.13 Å². The summed E-state index contributed by atoms with van der Waals surface area (Å²) in [5.74, 6) is 0.0207. The van der Waals surface area contributed by atoms with Gasteiger partial charge in [0.1, 0.15) is 0 Å². The zero-order chi connectivity index (χ0) is 12.8. The molecule has 17 heavy (non-hydrogen) atoms. The SMILES string of the molecule is COc1c(F)cc(Br)c(C)c1C1(C(C)N)CC1. The summed E-state index contributed by atoms with van der Waals surface area (Å²) in [6.07, 6.45) is 2.00. The molecule has 1 unspecified atom stereocenters. The third-order valence-corrected chi connectivity index (χ3v) is 4.62. The van der Waals surface area contributed by atoms with E-state index in [1.165, 1.54) is 13.2 Å². The summed E-state index contributed by atoms with van der Waals surface area (Å²) in [6, 6.07) is 1.46. The zero-order valence-corrected chi connectivity index (χ0v) is 11.9. The van der Waals surface area contributed by atoms with Crippen LogP contribution in [0.3, 0.4) is 0 Å². The molecule has 1 fully saturated rings. The topological polar surface area (TPSA) is 35.2 Å². The minimum Gasteiger partial charge on any atom is -0.493 e. The average Bonchev–Trinajstić information content (AvgIpc) is 3.04. The summed E-state index contributed by atoms with van der Waals surface area (Å²) < 4.78 is 19.9. The summed E-state index contributed by atoms with van der Waals surface area (Å²) in [5.41, 5.74) is 7.91. The molecule has 1 aromatic carbocycles. The van der Waals surface area contributed by atoms with Gasteiger partial charge >= 0.3 is 0 Å². The molecule has 0 bridgehead atoms. The van der Waals surface area contributed by atoms with Crippen molar-refractivity contribution in [3.63, 3.8) is 0 Å². The van der Waals surface area contributed by atoms with E-state index in [2.05, 4.69) is 15.9 Å². The lowest BCUT2D eigenvalue weighted by atomic mass is 9.85. The van der Waals surface area contributed by atoms with Crippen LogP contribution in [-0.4, -0.2) is 13.2 Å². The fraction of sp³-hybridized carbons (Fsp3) is 0.538. The van der Waals surface area contributed by atoms with E-state index in [0.717, 1.165) is 28.4 Å². The molecule has 1 atom stereocenters. The number of methoxy groups -OCH3 is 1. The summed E-state index contributed by atoms with van der Waals surface area (Å²) >= 11 is 3.39. The number of hydrogen-bond donors (Lipinski definition) is 1. The molecule has 2 rings (SSSR count). The second-order valence-electron chi connectivity index (χ2n) is 4.82. The maximum atomic E-state index is 13.9. The van der Waals surface area contributed by atoms with Gasteiger partial charge in [0.2, 0.25) is 0 Å². The molecular weight excluding hydrogens is 285 g/mol. The first kappa shape index (κ1) is 12.8. The molecule has 0 spiro atoms. The Kier molecular flexibility index (Phi) is 3.21. The molecule has 0 saturated heterocycles. The third kappa shape index (κ3) is 1.87. The van der Waals surface area contributed by atoms with E-state index in [4.69, 9.17) is 10.5 Å². The Hall–Kier alpha value is -0.610. The molecule has 2 nitrogen and oxygen atoms in total. The molecule has 2 N–H and O–H groups in total. The monoisotopic (exact) mass is 301 g/mol. The van der Waals surface area contributed by atoms with Crippen molar-refractivity contribution >= 4 is 15.9 Å². The second kappa shape index (κ2) is 4.25. The van der Waals surface area contributed by atoms with Crippen LogP contribution in [0.15, 0.2) is 10.5 Å². The predicted octanol–water partition coefficient (Wildman–Crippen LogP) is 3.28. The van der Waals surface area contributed by atoms with Crippen molar-refractivity contribution in [1.82, 2.24) is 0 Å². The van der Waals surface area contributed by atoms with Gasteiger partial charge in [0.25, 0.3) is 0 Å². The fourth-order valence-electron chi connectivity index (χ4n) is 2.56. The molecule has 94 valence electrons. The molecule has 0 aliphatic heterocycles. The van der Waals surface area contributed by atoms with Gasteiger partial charge in [-0.1, -0.05) is 15.9 Å². The highest BCUT2D eigenvalue weighted by Crippen LogP contribution is 2.55. The van der Waals surface area contributed by atoms with E-state index in [1.807, 2.05) is 13.8 Å². The molecule has 0 amide bonds. The number of rotatable bonds is 3. The quantitative estimate of drug-likeness (QED) is 0.930. The number of hydrogen-bond acceptors (Lipinski definition) is 2. The Morgan fingerprint density at radius 2 is 2.12 bits per heavy atom. The van der Waals surface area contributed by atoms with Gasteiger partial charge in [0.05, 0.1) is 7.11 Å². The van der Waals surface area contributed by atoms with Crippen molar-refractivity contribution in [2.75, 3.05) is 7.11 Å². The molecule has 1 aromatic rings. The second-order valence-corrected chi connectivity index (χ2v) is 5.67. The van der Waals surface area contributed by atoms with E-state index >= 15 is 0 Å². The average molecular weight is 302 g/mol. The molecule has 4 heteroatoms. The van der Waals surface area contributed by atoms with Gasteiger partial charge in [-0.3, -0.25) is 0 Å². The highest BCUT2D eigenvalue weighted by molar-refractivity contribution is 9.10. The summed E-state index contributed by atoms with van der Waals surface area (Å²) in [7, 11) is 1.51. The van der Waals surface area contributed by atoms with E-state index in [9.17, 15) is 4.39 Å². The summed E-state index contributed by atoms with van der Waals surface area (Å²) in [6.45, 7) is 3.95. The molecular formula is C13H17BrFNO. The first-order valence-electron chi connectivity index (χ1n) is 5.72. The smallest absolute Gasteiger partial charge is 0.166 e. The van der Waals surface area contributed by atoms with Gasteiger partial charge in [-0.15, -0.1) is 0 Å². The van der Waals surface area contributed by atoms with Crippen molar-refractivity contribution in [1.29, 1.82) is 0 Å². The Bertz CT molecular complexity index is 455. The van der Waals surface area contributed by atoms with Crippen LogP contribution < -0.4 is 10.5 Å². The van der Waals surface area contributed by atoms with E-state index in [-0.39, 0.29) is 17.3 Å². The van der Waals surface area contributed by atoms with E-state index in [0.29, 0.717) is 5.75 Å². The Morgan fingerprint density at radius 1 is 1.53 bits per heavy atom. The summed E-state index contributed by atoms with van der Waals surface area (Å²) in [5, 5.41) is 0. The lowest BCUT2D eigenvalue weighted by Gasteiger charge is -2.25. The van der Waals surface area contributed by atoms with Crippen LogP contribution >= 0.6 is 15.9 Å². The van der Waals surface area contributed by atoms with Gasteiger partial charge in [-0.25, -0.2) is 4.39 Å². The van der Waals surface area contributed by atoms with Crippen LogP contribution in [-0.2, 0) is 5.41 Å². The van der Waals surface area contributed by atoms with Crippen molar-refractivity contribution in [2.24, 2.45) is 5.73 Å². The predicted molar refractivity (Wildman–Crippen MR) is 70.0 cm³/mol. The summed E-state index contributed by atoms with van der Waals surface area (Å²) in [4.78, 5) is 0. The molecule has 1 aliphatic carbocycles. The van der Waals surface area contributed by atoms with Crippen molar-refractivity contribution in [3.8, 4) is 5.75 Å². The molecule has 1 saturated carbocycles. The Labute approximate surface area is 109 Å². The van der Waals surface area contributed by atoms with Crippen LogP contribution in [0.25, 0.3) is 0 Å². The van der Waals surface area contributed by atoms with E-state index < -0.39 is 0 Å². The number of nitrogens with two attached hydrogens (primary N) is 1. The highest BCUT2D eigenvalue weighted by atomic mass is 79.9. The van der Waals surface area contributed by atoms with Crippen LogP contribution in [0.1, 0.15) is 30.9 Å². The van der Waals surface area contributed by atoms with Gasteiger partial charge < -0.3 is 10.5 Å². The van der Waals surface area contributed by atoms with E-state index in [1.54, 1.807) is 0 Å². The minimum absolute atomic E-state index is 0.00352. The maximum absolute atomic E-state index is 13.9. The van der Waals surface area contributed by atoms with Gasteiger partial charge in [-0.05, 0) is 38.3 Å². The van der Waals surface area contributed by atoms with Crippen LogP contribution in [0.4, 0.5) is 4.39 Å². The number of ether oxygens (including phenoxy) is 1. The standard InChI is InChI=1S/C13H17BrFNO/c1-7-9(14)6-10(15)12(17-3)11(7)13(4-5-13)8(2)16/h6,8H,4-5,16H2,1-3H3. The first-order chi connectivity index (χ1) is 7.94. The Morgan fingerprint density at radius 3 is 2.53 bits per heavy atom. The molecule has 0 heterocycles. The normalized spacial score (nSPS) is 18.9. The first-order valence-corrected chi connectivity index (χ1v) is 6.52. The van der Waals surface area contributed by atoms with Crippen LogP contribution in [0, 0.1) is 12.7 Å². The molecule has 1 aliphatic rings. The minimum atomic E-state index is -0.327. The van der Waals surface area contributed by atoms with Crippen LogP contribution in [0.2, 0.25) is 0 Å². The van der Waals surface area contributed by atoms with Gasteiger partial charge in [-0.2, -0.15) is 0 Å². The lowest BCUT2D eigenvalue weighted by molar-refractivity contribution is 0.370. The zero-order valence-electron chi connectivity index (χ0n) is 10.3. The number of halogens is 2. The highest BCUT2D eigenvalue weighted by Gasteiger charge is 2.50. The third-order valence-electron chi connectivity index (χ3n) is 3.79. The van der Waals surface area contributed by atoms with Crippen molar-refractivity contribution in [3.05, 3.63) is 27.5 Å². The number of benzene rings is 1.